The molecule has 1 atom stereocenters. The Labute approximate surface area is 94.5 Å². The van der Waals surface area contributed by atoms with Crippen molar-refractivity contribution in [1.82, 2.24) is 0 Å². The Hall–Kier alpha value is -0.520. The van der Waals surface area contributed by atoms with Crippen molar-refractivity contribution in [2.75, 3.05) is 0 Å². The van der Waals surface area contributed by atoms with Crippen molar-refractivity contribution in [1.29, 1.82) is 0 Å². The van der Waals surface area contributed by atoms with E-state index in [0.29, 0.717) is 0 Å². The zero-order valence-electron chi connectivity index (χ0n) is 10.3. The van der Waals surface area contributed by atoms with Crippen LogP contribution >= 0.6 is 0 Å². The van der Waals surface area contributed by atoms with Gasteiger partial charge in [0.1, 0.15) is 0 Å². The van der Waals surface area contributed by atoms with Crippen LogP contribution in [0.5, 0.6) is 0 Å². The maximum atomic E-state index is 3.63. The maximum Gasteiger partial charge on any atom is 0.0167 e. The molecule has 82 valence electrons. The van der Waals surface area contributed by atoms with E-state index < -0.39 is 0 Å². The summed E-state index contributed by atoms with van der Waals surface area (Å²) in [6.45, 7) is 6.94. The van der Waals surface area contributed by atoms with Crippen LogP contribution < -0.4 is 0 Å². The monoisotopic (exact) mass is 202 g/mol. The third-order valence-corrected chi connectivity index (χ3v) is 3.92. The summed E-state index contributed by atoms with van der Waals surface area (Å²) in [5.74, 6) is 0.771. The van der Waals surface area contributed by atoms with Gasteiger partial charge in [-0.1, -0.05) is 31.9 Å². The second-order valence-electron chi connectivity index (χ2n) is 4.60. The van der Waals surface area contributed by atoms with Crippen LogP contribution in [0.2, 0.25) is 0 Å². The molecular formula is C15H22. The van der Waals surface area contributed by atoms with Crippen molar-refractivity contribution in [3.8, 4) is 0 Å². The minimum absolute atomic E-state index is 0.771. The van der Waals surface area contributed by atoms with Gasteiger partial charge in [-0.2, -0.15) is 0 Å². The molecule has 0 spiro atoms. The fraction of sp³-hybridized carbons (Fsp3) is 0.667. The van der Waals surface area contributed by atoms with E-state index in [0.717, 1.165) is 5.92 Å². The molecule has 2 radical (unpaired) electrons. The molecule has 0 N–H and O–H groups in total. The second-order valence-corrected chi connectivity index (χ2v) is 4.60. The highest BCUT2D eigenvalue weighted by molar-refractivity contribution is 5.54. The predicted molar refractivity (Wildman–Crippen MR) is 65.5 cm³/mol. The average molecular weight is 202 g/mol. The van der Waals surface area contributed by atoms with Gasteiger partial charge in [-0.15, -0.1) is 0 Å². The highest BCUT2D eigenvalue weighted by Gasteiger charge is 2.31. The molecular weight excluding hydrogens is 180 g/mol. The molecule has 15 heavy (non-hydrogen) atoms. The number of hydrogen-bond acceptors (Lipinski definition) is 0. The maximum absolute atomic E-state index is 3.63. The fourth-order valence-electron chi connectivity index (χ4n) is 3.32. The molecule has 0 fully saturated rings. The molecule has 0 heterocycles. The smallest absolute Gasteiger partial charge is 0.0167 e. The Morgan fingerprint density at radius 3 is 2.60 bits per heavy atom. The summed E-state index contributed by atoms with van der Waals surface area (Å²) in [6, 6.07) is 0. The largest absolute Gasteiger partial charge is 0.0645 e. The molecule has 2 rings (SSSR count). The summed E-state index contributed by atoms with van der Waals surface area (Å²) in [7, 11) is 0. The summed E-state index contributed by atoms with van der Waals surface area (Å²) in [4.78, 5) is 0. The third kappa shape index (κ3) is 1.68. The van der Waals surface area contributed by atoms with Gasteiger partial charge in [0, 0.05) is 12.3 Å². The lowest BCUT2D eigenvalue weighted by molar-refractivity contribution is 0.615. The fourth-order valence-corrected chi connectivity index (χ4v) is 3.32. The summed E-state index contributed by atoms with van der Waals surface area (Å²) in [6.07, 6.45) is 11.2. The van der Waals surface area contributed by atoms with E-state index in [1.54, 1.807) is 16.7 Å². The number of hydrogen-bond donors (Lipinski definition) is 0. The molecule has 0 aromatic heterocycles. The van der Waals surface area contributed by atoms with E-state index in [-0.39, 0.29) is 0 Å². The summed E-state index contributed by atoms with van der Waals surface area (Å²) < 4.78 is 0. The van der Waals surface area contributed by atoms with Crippen LogP contribution in [0, 0.1) is 12.3 Å². The molecule has 0 aliphatic heterocycles. The van der Waals surface area contributed by atoms with Crippen LogP contribution in [-0.2, 0) is 0 Å². The summed E-state index contributed by atoms with van der Waals surface area (Å²) in [5.41, 5.74) is 6.61. The van der Waals surface area contributed by atoms with Crippen molar-refractivity contribution in [3.05, 3.63) is 28.7 Å². The van der Waals surface area contributed by atoms with Crippen molar-refractivity contribution < 1.29 is 0 Å². The van der Waals surface area contributed by atoms with Gasteiger partial charge in [0.15, 0.2) is 0 Å². The highest BCUT2D eigenvalue weighted by Crippen LogP contribution is 2.47. The summed E-state index contributed by atoms with van der Waals surface area (Å²) in [5, 5.41) is 0. The standard InChI is InChI=1S/C15H22/c1-4-11-12(5-2)14-9-7-8-10-15(14)13(11)6-3/h12H,4-9H2,1-3H3. The Morgan fingerprint density at radius 1 is 1.20 bits per heavy atom. The number of allylic oxidation sites excluding steroid dienone is 4. The number of rotatable bonds is 3. The lowest BCUT2D eigenvalue weighted by Crippen LogP contribution is -2.05. The molecule has 2 aliphatic carbocycles. The molecule has 0 aromatic rings. The van der Waals surface area contributed by atoms with Crippen LogP contribution in [0.1, 0.15) is 59.3 Å². The molecule has 0 amide bonds. The van der Waals surface area contributed by atoms with E-state index >= 15 is 0 Å². The van der Waals surface area contributed by atoms with Gasteiger partial charge in [-0.05, 0) is 49.7 Å². The normalized spacial score (nSPS) is 26.2. The van der Waals surface area contributed by atoms with Gasteiger partial charge in [0.25, 0.3) is 0 Å². The first-order chi connectivity index (χ1) is 7.33. The Kier molecular flexibility index (Phi) is 3.33. The lowest BCUT2D eigenvalue weighted by Gasteiger charge is -2.20. The van der Waals surface area contributed by atoms with E-state index in [4.69, 9.17) is 0 Å². The Balaban J connectivity index is 2.39. The molecule has 0 aromatic carbocycles. The Bertz CT molecular complexity index is 292. The van der Waals surface area contributed by atoms with Crippen molar-refractivity contribution in [2.24, 2.45) is 5.92 Å². The zero-order valence-corrected chi connectivity index (χ0v) is 10.3. The molecule has 0 saturated heterocycles. The van der Waals surface area contributed by atoms with Gasteiger partial charge in [-0.25, -0.2) is 0 Å². The molecule has 1 unspecified atom stereocenters. The Morgan fingerprint density at radius 2 is 2.00 bits per heavy atom. The topological polar surface area (TPSA) is 0 Å². The van der Waals surface area contributed by atoms with Gasteiger partial charge in [0.2, 0.25) is 0 Å². The zero-order chi connectivity index (χ0) is 10.8. The van der Waals surface area contributed by atoms with Crippen LogP contribution in [0.4, 0.5) is 0 Å². The second kappa shape index (κ2) is 4.55. The van der Waals surface area contributed by atoms with Crippen LogP contribution in [0.25, 0.3) is 0 Å². The molecule has 0 heteroatoms. The van der Waals surface area contributed by atoms with Gasteiger partial charge in [0.05, 0.1) is 0 Å². The van der Waals surface area contributed by atoms with Crippen LogP contribution in [-0.4, -0.2) is 0 Å². The summed E-state index contributed by atoms with van der Waals surface area (Å²) >= 11 is 0. The minimum Gasteiger partial charge on any atom is -0.0645 e. The highest BCUT2D eigenvalue weighted by atomic mass is 14.4. The average Bonchev–Trinajstić information content (AvgIpc) is 2.61. The van der Waals surface area contributed by atoms with E-state index in [2.05, 4.69) is 27.2 Å². The van der Waals surface area contributed by atoms with Crippen LogP contribution in [0.3, 0.4) is 0 Å². The molecule has 0 bridgehead atoms. The van der Waals surface area contributed by atoms with Gasteiger partial charge < -0.3 is 0 Å². The molecule has 0 saturated carbocycles. The molecule has 0 nitrogen and oxygen atoms in total. The minimum atomic E-state index is 0.771. The predicted octanol–water partition coefficient (Wildman–Crippen LogP) is 4.70. The van der Waals surface area contributed by atoms with Crippen molar-refractivity contribution in [3.63, 3.8) is 0 Å². The quantitative estimate of drug-likeness (QED) is 0.622. The SMILES string of the molecule is CCC1=C(CC)C(CC)C2=C1[C]CCC2. The first kappa shape index (κ1) is 11.0. The van der Waals surface area contributed by atoms with Crippen molar-refractivity contribution in [2.45, 2.75) is 59.3 Å². The lowest BCUT2D eigenvalue weighted by atomic mass is 9.85. The van der Waals surface area contributed by atoms with Crippen LogP contribution in [0.15, 0.2) is 22.3 Å². The first-order valence-corrected chi connectivity index (χ1v) is 6.52. The van der Waals surface area contributed by atoms with Gasteiger partial charge >= 0.3 is 0 Å². The van der Waals surface area contributed by atoms with E-state index in [1.807, 2.05) is 0 Å². The van der Waals surface area contributed by atoms with E-state index in [1.165, 1.54) is 44.1 Å². The van der Waals surface area contributed by atoms with Crippen molar-refractivity contribution >= 4 is 0 Å². The van der Waals surface area contributed by atoms with Gasteiger partial charge in [-0.3, -0.25) is 0 Å². The third-order valence-electron chi connectivity index (χ3n) is 3.92. The molecule has 2 aliphatic rings. The first-order valence-electron chi connectivity index (χ1n) is 6.52. The van der Waals surface area contributed by atoms with E-state index in [9.17, 15) is 0 Å².